The van der Waals surface area contributed by atoms with E-state index in [0.717, 1.165) is 11.2 Å². The molecular formula is C32H22N2S. The molecule has 0 saturated heterocycles. The number of thiazole rings is 1. The van der Waals surface area contributed by atoms with E-state index in [9.17, 15) is 0 Å². The van der Waals surface area contributed by atoms with Crippen molar-refractivity contribution in [1.29, 1.82) is 0 Å². The van der Waals surface area contributed by atoms with E-state index < -0.39 is 0 Å². The van der Waals surface area contributed by atoms with Crippen LogP contribution in [0.2, 0.25) is 0 Å². The summed E-state index contributed by atoms with van der Waals surface area (Å²) in [6, 6.07) is 33.5. The first kappa shape index (κ1) is 19.4. The van der Waals surface area contributed by atoms with Crippen LogP contribution in [0.15, 0.2) is 96.5 Å². The lowest BCUT2D eigenvalue weighted by Gasteiger charge is -2.24. The van der Waals surface area contributed by atoms with Crippen LogP contribution in [-0.2, 0) is 5.41 Å². The molecule has 2 aromatic heterocycles. The molecule has 166 valence electrons. The van der Waals surface area contributed by atoms with Gasteiger partial charge in [0.15, 0.2) is 0 Å². The third-order valence-electron chi connectivity index (χ3n) is 7.91. The molecule has 0 aliphatic heterocycles. The van der Waals surface area contributed by atoms with Gasteiger partial charge in [-0.15, -0.1) is 11.3 Å². The Bertz CT molecular complexity index is 1990. The summed E-state index contributed by atoms with van der Waals surface area (Å²) in [5.41, 5.74) is 12.1. The van der Waals surface area contributed by atoms with Crippen LogP contribution in [0.1, 0.15) is 25.0 Å². The molecule has 0 saturated carbocycles. The minimum absolute atomic E-state index is 0.0896. The molecule has 8 rings (SSSR count). The molecular weight excluding hydrogens is 444 g/mol. The van der Waals surface area contributed by atoms with Gasteiger partial charge in [-0.25, -0.2) is 4.98 Å². The van der Waals surface area contributed by atoms with Crippen molar-refractivity contribution in [2.75, 3.05) is 0 Å². The van der Waals surface area contributed by atoms with E-state index in [1.807, 2.05) is 5.51 Å². The van der Waals surface area contributed by atoms with Gasteiger partial charge in [-0.2, -0.15) is 0 Å². The van der Waals surface area contributed by atoms with Gasteiger partial charge in [0.05, 0.1) is 26.9 Å². The Labute approximate surface area is 207 Å². The molecule has 0 N–H and O–H groups in total. The van der Waals surface area contributed by atoms with Crippen LogP contribution in [0, 0.1) is 0 Å². The molecule has 5 aromatic carbocycles. The van der Waals surface area contributed by atoms with Crippen LogP contribution >= 0.6 is 11.3 Å². The fourth-order valence-corrected chi connectivity index (χ4v) is 7.14. The zero-order valence-electron chi connectivity index (χ0n) is 19.5. The van der Waals surface area contributed by atoms with Crippen molar-refractivity contribution in [2.45, 2.75) is 19.3 Å². The Balaban J connectivity index is 1.65. The molecule has 1 aliphatic carbocycles. The number of para-hydroxylation sites is 2. The average molecular weight is 467 g/mol. The Morgan fingerprint density at radius 2 is 1.57 bits per heavy atom. The highest BCUT2D eigenvalue weighted by atomic mass is 32.1. The monoisotopic (exact) mass is 466 g/mol. The van der Waals surface area contributed by atoms with Gasteiger partial charge in [-0.05, 0) is 45.8 Å². The second-order valence-electron chi connectivity index (χ2n) is 10.0. The highest BCUT2D eigenvalue weighted by Crippen LogP contribution is 2.53. The van der Waals surface area contributed by atoms with E-state index in [1.54, 1.807) is 11.3 Å². The van der Waals surface area contributed by atoms with Gasteiger partial charge in [-0.3, -0.25) is 0 Å². The molecule has 0 spiro atoms. The number of nitrogens with zero attached hydrogens (tertiary/aromatic N) is 2. The maximum atomic E-state index is 4.80. The third kappa shape index (κ3) is 2.36. The first-order chi connectivity index (χ1) is 17.1. The molecule has 0 amide bonds. The molecule has 1 aliphatic rings. The SMILES string of the molecule is CC1(C)c2ccccc2-c2ccc3ccc4c5ccccc5n(-c5cccc6scnc56)c4c3c21. The average Bonchev–Trinajstić information content (AvgIpc) is 3.56. The van der Waals surface area contributed by atoms with Crippen LogP contribution in [0.4, 0.5) is 0 Å². The Morgan fingerprint density at radius 1 is 0.743 bits per heavy atom. The van der Waals surface area contributed by atoms with Gasteiger partial charge >= 0.3 is 0 Å². The van der Waals surface area contributed by atoms with E-state index in [2.05, 4.69) is 109 Å². The molecule has 2 nitrogen and oxygen atoms in total. The summed E-state index contributed by atoms with van der Waals surface area (Å²) < 4.78 is 3.68. The lowest BCUT2D eigenvalue weighted by molar-refractivity contribution is 0.666. The van der Waals surface area contributed by atoms with Gasteiger partial charge in [-0.1, -0.05) is 86.6 Å². The zero-order valence-corrected chi connectivity index (χ0v) is 20.4. The molecule has 0 atom stereocenters. The molecule has 35 heavy (non-hydrogen) atoms. The number of rotatable bonds is 1. The lowest BCUT2D eigenvalue weighted by Crippen LogP contribution is -2.15. The predicted molar refractivity (Wildman–Crippen MR) is 149 cm³/mol. The molecule has 0 unspecified atom stereocenters. The van der Waals surface area contributed by atoms with Crippen molar-refractivity contribution in [2.24, 2.45) is 0 Å². The first-order valence-electron chi connectivity index (χ1n) is 12.1. The van der Waals surface area contributed by atoms with Gasteiger partial charge in [0.2, 0.25) is 0 Å². The Hall–Kier alpha value is -3.95. The molecule has 2 heterocycles. The van der Waals surface area contributed by atoms with Crippen molar-refractivity contribution >= 4 is 54.1 Å². The zero-order chi connectivity index (χ0) is 23.3. The second-order valence-corrected chi connectivity index (χ2v) is 10.9. The normalized spacial score (nSPS) is 14.2. The molecule has 0 bridgehead atoms. The van der Waals surface area contributed by atoms with Crippen molar-refractivity contribution in [3.8, 4) is 16.8 Å². The van der Waals surface area contributed by atoms with Gasteiger partial charge in [0.25, 0.3) is 0 Å². The summed E-state index contributed by atoms with van der Waals surface area (Å²) in [4.78, 5) is 4.80. The lowest BCUT2D eigenvalue weighted by atomic mass is 9.80. The summed E-state index contributed by atoms with van der Waals surface area (Å²) in [5.74, 6) is 0. The van der Waals surface area contributed by atoms with E-state index in [1.165, 1.54) is 59.5 Å². The maximum absolute atomic E-state index is 4.80. The standard InChI is InChI=1S/C32H22N2S/c1-32(2)24-10-5-3-8-20(24)22-16-14-19-15-17-23-21-9-4-6-11-25(21)34(31(23)28(19)29(22)32)26-12-7-13-27-30(26)33-18-35-27/h3-18H,1-2H3. The number of hydrogen-bond acceptors (Lipinski definition) is 2. The van der Waals surface area contributed by atoms with Crippen molar-refractivity contribution in [3.63, 3.8) is 0 Å². The highest BCUT2D eigenvalue weighted by Gasteiger charge is 2.37. The van der Waals surface area contributed by atoms with E-state index >= 15 is 0 Å². The first-order valence-corrected chi connectivity index (χ1v) is 12.9. The minimum atomic E-state index is -0.0896. The number of hydrogen-bond donors (Lipinski definition) is 0. The van der Waals surface area contributed by atoms with Crippen molar-refractivity contribution in [3.05, 3.63) is 108 Å². The smallest absolute Gasteiger partial charge is 0.105 e. The van der Waals surface area contributed by atoms with Gasteiger partial charge < -0.3 is 4.57 Å². The third-order valence-corrected chi connectivity index (χ3v) is 8.71. The number of aromatic nitrogens is 2. The fraction of sp³-hybridized carbons (Fsp3) is 0.0938. The van der Waals surface area contributed by atoms with Crippen LogP contribution in [-0.4, -0.2) is 9.55 Å². The highest BCUT2D eigenvalue weighted by molar-refractivity contribution is 7.16. The Morgan fingerprint density at radius 3 is 2.51 bits per heavy atom. The maximum Gasteiger partial charge on any atom is 0.105 e. The second kappa shape index (κ2) is 6.59. The van der Waals surface area contributed by atoms with Crippen molar-refractivity contribution in [1.82, 2.24) is 9.55 Å². The summed E-state index contributed by atoms with van der Waals surface area (Å²) >= 11 is 1.70. The van der Waals surface area contributed by atoms with Crippen LogP contribution in [0.3, 0.4) is 0 Å². The van der Waals surface area contributed by atoms with Gasteiger partial charge in [0, 0.05) is 21.6 Å². The molecule has 0 radical (unpaired) electrons. The fourth-order valence-electron chi connectivity index (χ4n) is 6.44. The number of benzene rings is 5. The quantitative estimate of drug-likeness (QED) is 0.236. The van der Waals surface area contributed by atoms with Gasteiger partial charge in [0.1, 0.15) is 5.52 Å². The van der Waals surface area contributed by atoms with E-state index in [0.29, 0.717) is 0 Å². The molecule has 0 fully saturated rings. The largest absolute Gasteiger partial charge is 0.306 e. The predicted octanol–water partition coefficient (Wildman–Crippen LogP) is 8.85. The summed E-state index contributed by atoms with van der Waals surface area (Å²) in [6.07, 6.45) is 0. The van der Waals surface area contributed by atoms with E-state index in [-0.39, 0.29) is 5.41 Å². The summed E-state index contributed by atoms with van der Waals surface area (Å²) in [7, 11) is 0. The Kier molecular flexibility index (Phi) is 3.64. The molecule has 3 heteroatoms. The van der Waals surface area contributed by atoms with Crippen LogP contribution in [0.25, 0.3) is 59.6 Å². The minimum Gasteiger partial charge on any atom is -0.306 e. The topological polar surface area (TPSA) is 17.8 Å². The molecule has 7 aromatic rings. The van der Waals surface area contributed by atoms with Crippen molar-refractivity contribution < 1.29 is 0 Å². The van der Waals surface area contributed by atoms with Crippen LogP contribution in [0.5, 0.6) is 0 Å². The number of fused-ring (bicyclic) bond motifs is 10. The van der Waals surface area contributed by atoms with Crippen LogP contribution < -0.4 is 0 Å². The summed E-state index contributed by atoms with van der Waals surface area (Å²) in [5, 5.41) is 5.21. The van der Waals surface area contributed by atoms with E-state index in [4.69, 9.17) is 4.98 Å². The summed E-state index contributed by atoms with van der Waals surface area (Å²) in [6.45, 7) is 4.76.